The number of rotatable bonds is 5. The van der Waals surface area contributed by atoms with Gasteiger partial charge < -0.3 is 19.9 Å². The van der Waals surface area contributed by atoms with E-state index in [1.165, 1.54) is 37.7 Å². The number of nitrogens with one attached hydrogen (secondary N) is 1. The van der Waals surface area contributed by atoms with E-state index >= 15 is 0 Å². The summed E-state index contributed by atoms with van der Waals surface area (Å²) in [7, 11) is 1.84. The van der Waals surface area contributed by atoms with Crippen molar-refractivity contribution < 1.29 is 4.74 Å². The maximum Gasteiger partial charge on any atom is 0.225 e. The van der Waals surface area contributed by atoms with Gasteiger partial charge in [0.2, 0.25) is 5.95 Å². The molecule has 1 aliphatic heterocycles. The molecule has 0 bridgehead atoms. The first-order valence-electron chi connectivity index (χ1n) is 11.0. The van der Waals surface area contributed by atoms with Crippen molar-refractivity contribution in [1.82, 2.24) is 20.2 Å². The van der Waals surface area contributed by atoms with Gasteiger partial charge in [0.15, 0.2) is 5.96 Å². The molecule has 0 amide bonds. The summed E-state index contributed by atoms with van der Waals surface area (Å²) in [5.41, 5.74) is 1.23. The standard InChI is InChI=1S/C23H32N6O/c1-24-22(28-14-16-29(17-15-28)23-25-12-5-13-26-23)27-18-19-8-10-21(11-9-19)30-20-6-3-2-4-7-20/h5,8-13,20H,2-4,6-7,14-18H2,1H3,(H,24,27). The highest BCUT2D eigenvalue weighted by Crippen LogP contribution is 2.23. The smallest absolute Gasteiger partial charge is 0.225 e. The molecule has 2 heterocycles. The van der Waals surface area contributed by atoms with E-state index in [1.807, 2.05) is 13.1 Å². The van der Waals surface area contributed by atoms with Crippen molar-refractivity contribution in [2.75, 3.05) is 38.1 Å². The van der Waals surface area contributed by atoms with Gasteiger partial charge in [-0.25, -0.2) is 9.97 Å². The highest BCUT2D eigenvalue weighted by atomic mass is 16.5. The minimum Gasteiger partial charge on any atom is -0.490 e. The largest absolute Gasteiger partial charge is 0.490 e. The van der Waals surface area contributed by atoms with Gasteiger partial charge in [-0.15, -0.1) is 0 Å². The summed E-state index contributed by atoms with van der Waals surface area (Å²) >= 11 is 0. The monoisotopic (exact) mass is 408 g/mol. The Kier molecular flexibility index (Phi) is 7.00. The molecule has 1 saturated heterocycles. The van der Waals surface area contributed by atoms with Gasteiger partial charge in [-0.05, 0) is 49.4 Å². The average molecular weight is 409 g/mol. The van der Waals surface area contributed by atoms with Gasteiger partial charge in [0.1, 0.15) is 5.75 Å². The molecule has 30 heavy (non-hydrogen) atoms. The quantitative estimate of drug-likeness (QED) is 0.606. The third-order valence-electron chi connectivity index (χ3n) is 5.85. The Morgan fingerprint density at radius 3 is 2.40 bits per heavy atom. The van der Waals surface area contributed by atoms with Gasteiger partial charge in [-0.1, -0.05) is 18.6 Å². The molecule has 0 unspecified atom stereocenters. The maximum absolute atomic E-state index is 6.13. The van der Waals surface area contributed by atoms with E-state index in [0.717, 1.165) is 50.4 Å². The fourth-order valence-electron chi connectivity index (χ4n) is 4.15. The second-order valence-electron chi connectivity index (χ2n) is 7.95. The fourth-order valence-corrected chi connectivity index (χ4v) is 4.15. The van der Waals surface area contributed by atoms with Crippen LogP contribution in [0.25, 0.3) is 0 Å². The van der Waals surface area contributed by atoms with Crippen molar-refractivity contribution in [3.63, 3.8) is 0 Å². The Balaban J connectivity index is 1.24. The van der Waals surface area contributed by atoms with E-state index in [0.29, 0.717) is 6.10 Å². The van der Waals surface area contributed by atoms with Gasteiger partial charge in [-0.3, -0.25) is 4.99 Å². The normalized spacial score (nSPS) is 18.4. The van der Waals surface area contributed by atoms with Gasteiger partial charge in [-0.2, -0.15) is 0 Å². The Labute approximate surface area is 179 Å². The highest BCUT2D eigenvalue weighted by molar-refractivity contribution is 5.80. The molecule has 1 aliphatic carbocycles. The molecule has 7 nitrogen and oxygen atoms in total. The Hall–Kier alpha value is -2.83. The lowest BCUT2D eigenvalue weighted by molar-refractivity contribution is 0.155. The van der Waals surface area contributed by atoms with E-state index in [1.54, 1.807) is 12.4 Å². The summed E-state index contributed by atoms with van der Waals surface area (Å²) < 4.78 is 6.13. The Morgan fingerprint density at radius 1 is 1.03 bits per heavy atom. The molecule has 2 aliphatic rings. The SMILES string of the molecule is CN=C(NCc1ccc(OC2CCCCC2)cc1)N1CCN(c2ncccn2)CC1. The van der Waals surface area contributed by atoms with Crippen LogP contribution < -0.4 is 15.0 Å². The van der Waals surface area contributed by atoms with Crippen molar-refractivity contribution in [1.29, 1.82) is 0 Å². The number of aliphatic imine (C=N–C) groups is 1. The zero-order valence-electron chi connectivity index (χ0n) is 17.8. The summed E-state index contributed by atoms with van der Waals surface area (Å²) in [5.74, 6) is 2.72. The Morgan fingerprint density at radius 2 is 1.73 bits per heavy atom. The van der Waals surface area contributed by atoms with Crippen LogP contribution in [0.2, 0.25) is 0 Å². The number of anilines is 1. The topological polar surface area (TPSA) is 65.9 Å². The minimum absolute atomic E-state index is 0.390. The van der Waals surface area contributed by atoms with Crippen LogP contribution in [0.5, 0.6) is 5.75 Å². The van der Waals surface area contributed by atoms with Crippen LogP contribution in [0.15, 0.2) is 47.7 Å². The van der Waals surface area contributed by atoms with Crippen molar-refractivity contribution in [3.05, 3.63) is 48.3 Å². The average Bonchev–Trinajstić information content (AvgIpc) is 2.82. The number of nitrogens with zero attached hydrogens (tertiary/aromatic N) is 5. The van der Waals surface area contributed by atoms with Crippen LogP contribution in [0.1, 0.15) is 37.7 Å². The van der Waals surface area contributed by atoms with E-state index in [9.17, 15) is 0 Å². The van der Waals surface area contributed by atoms with Crippen LogP contribution >= 0.6 is 0 Å². The third-order valence-corrected chi connectivity index (χ3v) is 5.85. The van der Waals surface area contributed by atoms with Crippen molar-refractivity contribution in [2.45, 2.75) is 44.8 Å². The fraction of sp³-hybridized carbons (Fsp3) is 0.522. The third kappa shape index (κ3) is 5.40. The number of guanidine groups is 1. The van der Waals surface area contributed by atoms with Crippen LogP contribution in [-0.2, 0) is 6.54 Å². The molecular formula is C23H32N6O. The van der Waals surface area contributed by atoms with E-state index in [2.05, 4.69) is 54.3 Å². The summed E-state index contributed by atoms with van der Waals surface area (Å²) in [4.78, 5) is 17.7. The lowest BCUT2D eigenvalue weighted by Crippen LogP contribution is -2.52. The summed E-state index contributed by atoms with van der Waals surface area (Å²) in [6.07, 6.45) is 10.3. The van der Waals surface area contributed by atoms with E-state index in [-0.39, 0.29) is 0 Å². The molecule has 1 aromatic heterocycles. The minimum atomic E-state index is 0.390. The van der Waals surface area contributed by atoms with Crippen molar-refractivity contribution >= 4 is 11.9 Å². The number of hydrogen-bond donors (Lipinski definition) is 1. The summed E-state index contributed by atoms with van der Waals surface area (Å²) in [5, 5.41) is 3.50. The molecule has 7 heteroatoms. The molecule has 2 fully saturated rings. The molecule has 1 N–H and O–H groups in total. The molecule has 0 radical (unpaired) electrons. The number of benzene rings is 1. The number of ether oxygens (including phenoxy) is 1. The second-order valence-corrected chi connectivity index (χ2v) is 7.95. The molecule has 2 aromatic rings. The lowest BCUT2D eigenvalue weighted by atomic mass is 9.98. The molecule has 0 spiro atoms. The van der Waals surface area contributed by atoms with Gasteiger partial charge in [0.05, 0.1) is 6.10 Å². The van der Waals surface area contributed by atoms with E-state index in [4.69, 9.17) is 4.74 Å². The lowest BCUT2D eigenvalue weighted by Gasteiger charge is -2.36. The van der Waals surface area contributed by atoms with Crippen molar-refractivity contribution in [2.24, 2.45) is 4.99 Å². The number of piperazine rings is 1. The number of hydrogen-bond acceptors (Lipinski definition) is 5. The van der Waals surface area contributed by atoms with Gasteiger partial charge in [0.25, 0.3) is 0 Å². The molecule has 4 rings (SSSR count). The number of aromatic nitrogens is 2. The molecule has 160 valence electrons. The van der Waals surface area contributed by atoms with Crippen LogP contribution in [0.3, 0.4) is 0 Å². The summed E-state index contributed by atoms with van der Waals surface area (Å²) in [6.45, 7) is 4.31. The van der Waals surface area contributed by atoms with E-state index < -0.39 is 0 Å². The zero-order valence-corrected chi connectivity index (χ0v) is 17.8. The molecule has 1 aromatic carbocycles. The Bertz CT molecular complexity index is 796. The van der Waals surface area contributed by atoms with Crippen LogP contribution in [0, 0.1) is 0 Å². The first-order chi connectivity index (χ1) is 14.8. The highest BCUT2D eigenvalue weighted by Gasteiger charge is 2.21. The first-order valence-corrected chi connectivity index (χ1v) is 11.0. The first kappa shape index (κ1) is 20.4. The predicted molar refractivity (Wildman–Crippen MR) is 120 cm³/mol. The molecule has 0 atom stereocenters. The molecule has 1 saturated carbocycles. The van der Waals surface area contributed by atoms with Gasteiger partial charge in [0, 0.05) is 52.2 Å². The summed E-state index contributed by atoms with van der Waals surface area (Å²) in [6, 6.07) is 10.3. The molecular weight excluding hydrogens is 376 g/mol. The van der Waals surface area contributed by atoms with Crippen molar-refractivity contribution in [3.8, 4) is 5.75 Å². The zero-order chi connectivity index (χ0) is 20.6. The van der Waals surface area contributed by atoms with Gasteiger partial charge >= 0.3 is 0 Å². The maximum atomic E-state index is 6.13. The predicted octanol–water partition coefficient (Wildman–Crippen LogP) is 3.09. The second kappa shape index (κ2) is 10.3. The van der Waals surface area contributed by atoms with Crippen LogP contribution in [0.4, 0.5) is 5.95 Å². The van der Waals surface area contributed by atoms with Crippen LogP contribution in [-0.4, -0.2) is 60.2 Å².